The number of benzene rings is 1. The number of halogens is 1. The van der Waals surface area contributed by atoms with Gasteiger partial charge in [-0.15, -0.1) is 11.6 Å². The van der Waals surface area contributed by atoms with Gasteiger partial charge in [-0.2, -0.15) is 0 Å². The van der Waals surface area contributed by atoms with Gasteiger partial charge in [-0.1, -0.05) is 6.92 Å². The van der Waals surface area contributed by atoms with Crippen molar-refractivity contribution < 1.29 is 23.9 Å². The summed E-state index contributed by atoms with van der Waals surface area (Å²) in [5.41, 5.74) is 0.0282. The highest BCUT2D eigenvalue weighted by Gasteiger charge is 2.27. The summed E-state index contributed by atoms with van der Waals surface area (Å²) < 4.78 is 15.3. The van der Waals surface area contributed by atoms with Crippen LogP contribution in [0.2, 0.25) is 0 Å². The average molecular weight is 318 g/mol. The third kappa shape index (κ3) is 3.98. The number of esters is 1. The second-order valence-corrected chi connectivity index (χ2v) is 4.31. The van der Waals surface area contributed by atoms with Gasteiger partial charge in [0.1, 0.15) is 12.0 Å². The van der Waals surface area contributed by atoms with E-state index in [1.165, 1.54) is 26.4 Å². The van der Waals surface area contributed by atoms with Crippen LogP contribution < -0.4 is 9.47 Å². The van der Waals surface area contributed by atoms with E-state index in [4.69, 9.17) is 25.8 Å². The molecule has 1 aromatic rings. The van der Waals surface area contributed by atoms with Crippen LogP contribution in [0.3, 0.4) is 0 Å². The molecule has 0 radical (unpaired) electrons. The van der Waals surface area contributed by atoms with Gasteiger partial charge in [0.2, 0.25) is 0 Å². The number of hydrogen-bond donors (Lipinski definition) is 0. The van der Waals surface area contributed by atoms with Gasteiger partial charge < -0.3 is 14.2 Å². The molecule has 1 atom stereocenters. The van der Waals surface area contributed by atoms with Crippen molar-refractivity contribution in [2.75, 3.05) is 20.1 Å². The number of rotatable bonds is 7. The third-order valence-electron chi connectivity index (χ3n) is 2.83. The predicted octanol–water partition coefficient (Wildman–Crippen LogP) is 2.85. The SMILES string of the molecule is CCC(OC(=O)CCl)c1cc(OC)c(OC)cc1[N+](=O)[O-]. The highest BCUT2D eigenvalue weighted by molar-refractivity contribution is 6.26. The van der Waals surface area contributed by atoms with Crippen molar-refractivity contribution in [3.63, 3.8) is 0 Å². The Labute approximate surface area is 126 Å². The number of hydrogen-bond acceptors (Lipinski definition) is 6. The molecule has 0 saturated heterocycles. The molecule has 0 aliphatic carbocycles. The maximum Gasteiger partial charge on any atom is 0.321 e. The van der Waals surface area contributed by atoms with Gasteiger partial charge in [-0.3, -0.25) is 14.9 Å². The van der Waals surface area contributed by atoms with E-state index in [-0.39, 0.29) is 22.9 Å². The number of carbonyl (C=O) groups excluding carboxylic acids is 1. The van der Waals surface area contributed by atoms with E-state index >= 15 is 0 Å². The first kappa shape index (κ1) is 17.0. The fourth-order valence-electron chi connectivity index (χ4n) is 1.86. The summed E-state index contributed by atoms with van der Waals surface area (Å²) in [7, 11) is 2.80. The maximum absolute atomic E-state index is 11.3. The third-order valence-corrected chi connectivity index (χ3v) is 3.05. The Bertz CT molecular complexity index is 534. The minimum absolute atomic E-state index is 0.207. The molecule has 0 saturated carbocycles. The van der Waals surface area contributed by atoms with Crippen LogP contribution in [0, 0.1) is 10.1 Å². The van der Waals surface area contributed by atoms with Gasteiger partial charge in [-0.05, 0) is 12.5 Å². The Morgan fingerprint density at radius 1 is 1.33 bits per heavy atom. The molecule has 0 aromatic heterocycles. The van der Waals surface area contributed by atoms with Crippen LogP contribution in [0.5, 0.6) is 11.5 Å². The standard InChI is InChI=1S/C13H16ClNO6/c1-4-10(21-13(16)7-14)8-5-11(19-2)12(20-3)6-9(8)15(17)18/h5-6,10H,4,7H2,1-3H3. The second-order valence-electron chi connectivity index (χ2n) is 4.04. The molecule has 1 unspecified atom stereocenters. The zero-order valence-corrected chi connectivity index (χ0v) is 12.7. The average Bonchev–Trinajstić information content (AvgIpc) is 2.50. The van der Waals surface area contributed by atoms with E-state index in [0.717, 1.165) is 0 Å². The first-order valence-electron chi connectivity index (χ1n) is 6.14. The van der Waals surface area contributed by atoms with Crippen molar-refractivity contribution in [2.45, 2.75) is 19.4 Å². The Morgan fingerprint density at radius 2 is 1.90 bits per heavy atom. The van der Waals surface area contributed by atoms with Gasteiger partial charge in [-0.25, -0.2) is 0 Å². The van der Waals surface area contributed by atoms with Crippen molar-refractivity contribution in [2.24, 2.45) is 0 Å². The van der Waals surface area contributed by atoms with E-state index in [1.807, 2.05) is 0 Å². The molecule has 1 aromatic carbocycles. The van der Waals surface area contributed by atoms with Crippen molar-refractivity contribution in [3.8, 4) is 11.5 Å². The van der Waals surface area contributed by atoms with Crippen LogP contribution in [0.25, 0.3) is 0 Å². The first-order valence-corrected chi connectivity index (χ1v) is 6.67. The summed E-state index contributed by atoms with van der Waals surface area (Å²) in [5, 5.41) is 11.2. The Kier molecular flexibility index (Phi) is 6.23. The highest BCUT2D eigenvalue weighted by atomic mass is 35.5. The second kappa shape index (κ2) is 7.68. The molecular weight excluding hydrogens is 302 g/mol. The minimum Gasteiger partial charge on any atom is -0.493 e. The van der Waals surface area contributed by atoms with Crippen molar-refractivity contribution >= 4 is 23.3 Å². The molecule has 0 bridgehead atoms. The normalized spacial score (nSPS) is 11.6. The van der Waals surface area contributed by atoms with E-state index < -0.39 is 17.0 Å². The lowest BCUT2D eigenvalue weighted by Gasteiger charge is -2.18. The van der Waals surface area contributed by atoms with E-state index in [1.54, 1.807) is 6.92 Å². The molecule has 7 nitrogen and oxygen atoms in total. The zero-order valence-electron chi connectivity index (χ0n) is 11.9. The summed E-state index contributed by atoms with van der Waals surface area (Å²) in [6.45, 7) is 1.74. The monoisotopic (exact) mass is 317 g/mol. The number of carbonyl (C=O) groups is 1. The van der Waals surface area contributed by atoms with Crippen molar-refractivity contribution in [3.05, 3.63) is 27.8 Å². The van der Waals surface area contributed by atoms with Crippen LogP contribution in [-0.2, 0) is 9.53 Å². The van der Waals surface area contributed by atoms with Crippen LogP contribution >= 0.6 is 11.6 Å². The largest absolute Gasteiger partial charge is 0.493 e. The molecule has 0 aliphatic rings. The fourth-order valence-corrected chi connectivity index (χ4v) is 1.92. The summed E-state index contributed by atoms with van der Waals surface area (Å²) in [6.07, 6.45) is -0.421. The van der Waals surface area contributed by atoms with Gasteiger partial charge >= 0.3 is 5.97 Å². The predicted molar refractivity (Wildman–Crippen MR) is 76.0 cm³/mol. The highest BCUT2D eigenvalue weighted by Crippen LogP contribution is 2.39. The zero-order chi connectivity index (χ0) is 16.0. The summed E-state index contributed by atoms with van der Waals surface area (Å²) in [4.78, 5) is 22.0. The van der Waals surface area contributed by atoms with E-state index in [9.17, 15) is 14.9 Å². The molecule has 8 heteroatoms. The lowest BCUT2D eigenvalue weighted by atomic mass is 10.0. The summed E-state index contributed by atoms with van der Waals surface area (Å²) in [5.74, 6) is -0.421. The Hall–Kier alpha value is -2.02. The number of ether oxygens (including phenoxy) is 3. The molecule has 0 heterocycles. The van der Waals surface area contributed by atoms with Crippen molar-refractivity contribution in [1.82, 2.24) is 0 Å². The number of nitro groups is 1. The smallest absolute Gasteiger partial charge is 0.321 e. The lowest BCUT2D eigenvalue weighted by Crippen LogP contribution is -2.13. The molecule has 0 aliphatic heterocycles. The number of nitrogens with zero attached hydrogens (tertiary/aromatic N) is 1. The van der Waals surface area contributed by atoms with Gasteiger partial charge in [0.25, 0.3) is 5.69 Å². The molecule has 0 fully saturated rings. The van der Waals surface area contributed by atoms with E-state index in [2.05, 4.69) is 0 Å². The molecule has 116 valence electrons. The molecular formula is C13H16ClNO6. The minimum atomic E-state index is -0.781. The van der Waals surface area contributed by atoms with Gasteiger partial charge in [0.05, 0.1) is 30.8 Å². The Morgan fingerprint density at radius 3 is 2.33 bits per heavy atom. The van der Waals surface area contributed by atoms with Crippen LogP contribution in [0.4, 0.5) is 5.69 Å². The van der Waals surface area contributed by atoms with Crippen LogP contribution in [0.15, 0.2) is 12.1 Å². The molecule has 21 heavy (non-hydrogen) atoms. The summed E-state index contributed by atoms with van der Waals surface area (Å²) in [6, 6.07) is 2.68. The number of methoxy groups -OCH3 is 2. The van der Waals surface area contributed by atoms with Gasteiger partial charge in [0, 0.05) is 0 Å². The van der Waals surface area contributed by atoms with E-state index in [0.29, 0.717) is 12.2 Å². The number of alkyl halides is 1. The molecule has 0 N–H and O–H groups in total. The van der Waals surface area contributed by atoms with Crippen LogP contribution in [-0.4, -0.2) is 31.0 Å². The molecule has 0 spiro atoms. The van der Waals surface area contributed by atoms with Crippen molar-refractivity contribution in [1.29, 1.82) is 0 Å². The topological polar surface area (TPSA) is 87.9 Å². The van der Waals surface area contributed by atoms with Crippen LogP contribution in [0.1, 0.15) is 25.0 Å². The summed E-state index contributed by atoms with van der Waals surface area (Å²) >= 11 is 5.40. The lowest BCUT2D eigenvalue weighted by molar-refractivity contribution is -0.386. The Balaban J connectivity index is 3.36. The number of nitro benzene ring substituents is 1. The first-order chi connectivity index (χ1) is 9.98. The van der Waals surface area contributed by atoms with Gasteiger partial charge in [0.15, 0.2) is 11.5 Å². The maximum atomic E-state index is 11.3. The molecule has 0 amide bonds. The fraction of sp³-hybridized carbons (Fsp3) is 0.462. The quantitative estimate of drug-likeness (QED) is 0.332. The molecule has 1 rings (SSSR count).